The first-order valence-corrected chi connectivity index (χ1v) is 11.7. The molecular weight excluding hydrogens is 529 g/mol. The Labute approximate surface area is 219 Å². The number of hydrogen-bond donors (Lipinski definition) is 2. The highest BCUT2D eigenvalue weighted by atomic mass is 35.5. The second-order valence-corrected chi connectivity index (χ2v) is 9.01. The van der Waals surface area contributed by atoms with E-state index in [1.165, 1.54) is 6.07 Å². The molecule has 0 fully saturated rings. The van der Waals surface area contributed by atoms with E-state index in [0.717, 1.165) is 5.56 Å². The molecule has 1 amide bonds. The van der Waals surface area contributed by atoms with Crippen molar-refractivity contribution < 1.29 is 13.6 Å². The third-order valence-corrected chi connectivity index (χ3v) is 6.29. The third-order valence-electron chi connectivity index (χ3n) is 5.01. The molecule has 0 aliphatic heterocycles. The number of anilines is 1. The molecule has 10 heteroatoms. The van der Waals surface area contributed by atoms with Gasteiger partial charge in [-0.3, -0.25) is 10.1 Å². The maximum atomic E-state index is 12.6. The van der Waals surface area contributed by atoms with Crippen LogP contribution in [0.5, 0.6) is 0 Å². The van der Waals surface area contributed by atoms with Gasteiger partial charge in [-0.25, -0.2) is 4.98 Å². The zero-order valence-electron chi connectivity index (χ0n) is 17.6. The van der Waals surface area contributed by atoms with Gasteiger partial charge in [-0.1, -0.05) is 40.9 Å². The molecule has 5 aromatic rings. The Bertz CT molecular complexity index is 1580. The normalized spacial score (nSPS) is 10.9. The van der Waals surface area contributed by atoms with Crippen molar-refractivity contribution in [3.05, 3.63) is 93.6 Å². The number of carbonyl (C=O) groups is 1. The number of aromatic nitrogens is 1. The molecule has 35 heavy (non-hydrogen) atoms. The number of rotatable bonds is 4. The van der Waals surface area contributed by atoms with E-state index < -0.39 is 5.91 Å². The van der Waals surface area contributed by atoms with Crippen LogP contribution in [0.3, 0.4) is 0 Å². The average molecular weight is 543 g/mol. The smallest absolute Gasteiger partial charge is 0.293 e. The van der Waals surface area contributed by atoms with E-state index in [-0.39, 0.29) is 10.9 Å². The molecule has 0 atom stereocenters. The van der Waals surface area contributed by atoms with Crippen LogP contribution < -0.4 is 10.6 Å². The molecule has 6 nitrogen and oxygen atoms in total. The molecule has 5 rings (SSSR count). The predicted molar refractivity (Wildman–Crippen MR) is 142 cm³/mol. The van der Waals surface area contributed by atoms with E-state index in [2.05, 4.69) is 15.6 Å². The Kier molecular flexibility index (Phi) is 6.49. The summed E-state index contributed by atoms with van der Waals surface area (Å²) < 4.78 is 11.5. The number of hydrogen-bond acceptors (Lipinski definition) is 5. The Morgan fingerprint density at radius 1 is 0.914 bits per heavy atom. The Balaban J connectivity index is 1.27. The van der Waals surface area contributed by atoms with Crippen LogP contribution in [-0.2, 0) is 0 Å². The highest BCUT2D eigenvalue weighted by Gasteiger charge is 2.16. The first kappa shape index (κ1) is 23.4. The summed E-state index contributed by atoms with van der Waals surface area (Å²) in [6.45, 7) is 0. The summed E-state index contributed by atoms with van der Waals surface area (Å²) in [5, 5.41) is 7.01. The molecule has 0 aliphatic carbocycles. The lowest BCUT2D eigenvalue weighted by molar-refractivity contribution is 0.0951. The fourth-order valence-electron chi connectivity index (χ4n) is 3.35. The van der Waals surface area contributed by atoms with Crippen LogP contribution in [0.15, 0.2) is 81.6 Å². The summed E-state index contributed by atoms with van der Waals surface area (Å²) in [7, 11) is 0. The standard InChI is InChI=1S/C25H14Cl3N3O3S/c26-14-6-4-13(5-7-14)24-30-18-12-15(8-9-20(18)34-24)29-25(35)31-23(32)21-11-10-19(33-21)16-2-1-3-17(27)22(16)28/h1-12H,(H2,29,31,32,35). The second-order valence-electron chi connectivity index (χ2n) is 7.38. The predicted octanol–water partition coefficient (Wildman–Crippen LogP) is 7.84. The summed E-state index contributed by atoms with van der Waals surface area (Å²) in [4.78, 5) is 17.1. The van der Waals surface area contributed by atoms with Crippen molar-refractivity contribution >= 4 is 74.8 Å². The van der Waals surface area contributed by atoms with Crippen LogP contribution in [0, 0.1) is 0 Å². The fraction of sp³-hybridized carbons (Fsp3) is 0. The van der Waals surface area contributed by atoms with Gasteiger partial charge >= 0.3 is 0 Å². The largest absolute Gasteiger partial charge is 0.451 e. The van der Waals surface area contributed by atoms with Crippen molar-refractivity contribution in [3.8, 4) is 22.8 Å². The minimum absolute atomic E-state index is 0.0692. The van der Waals surface area contributed by atoms with Crippen molar-refractivity contribution in [1.29, 1.82) is 0 Å². The Morgan fingerprint density at radius 3 is 2.51 bits per heavy atom. The number of amides is 1. The fourth-order valence-corrected chi connectivity index (χ4v) is 4.08. The van der Waals surface area contributed by atoms with Crippen LogP contribution in [0.25, 0.3) is 33.9 Å². The van der Waals surface area contributed by atoms with Gasteiger partial charge in [0.25, 0.3) is 5.91 Å². The zero-order valence-corrected chi connectivity index (χ0v) is 20.7. The molecule has 0 radical (unpaired) electrons. The van der Waals surface area contributed by atoms with E-state index >= 15 is 0 Å². The summed E-state index contributed by atoms with van der Waals surface area (Å²) in [5.74, 6) is 0.437. The number of carbonyl (C=O) groups excluding carboxylic acids is 1. The molecule has 3 aromatic carbocycles. The number of nitrogens with zero attached hydrogens (tertiary/aromatic N) is 1. The molecule has 0 bridgehead atoms. The number of oxazole rings is 1. The van der Waals surface area contributed by atoms with Crippen molar-refractivity contribution in [3.63, 3.8) is 0 Å². The number of thiocarbonyl (C=S) groups is 1. The summed E-state index contributed by atoms with van der Waals surface area (Å²) in [5.41, 5.74) is 3.25. The number of fused-ring (bicyclic) bond motifs is 1. The van der Waals surface area contributed by atoms with E-state index in [9.17, 15) is 4.79 Å². The molecular formula is C25H14Cl3N3O3S. The van der Waals surface area contributed by atoms with Crippen LogP contribution in [0.1, 0.15) is 10.6 Å². The summed E-state index contributed by atoms with van der Waals surface area (Å²) in [6.07, 6.45) is 0. The lowest BCUT2D eigenvalue weighted by atomic mass is 10.2. The van der Waals surface area contributed by atoms with Gasteiger partial charge in [0.15, 0.2) is 16.5 Å². The quantitative estimate of drug-likeness (QED) is 0.225. The van der Waals surface area contributed by atoms with E-state index in [0.29, 0.717) is 49.1 Å². The van der Waals surface area contributed by atoms with Gasteiger partial charge < -0.3 is 14.2 Å². The molecule has 2 N–H and O–H groups in total. The summed E-state index contributed by atoms with van der Waals surface area (Å²) in [6, 6.07) is 20.8. The number of benzene rings is 3. The molecule has 2 aromatic heterocycles. The molecule has 0 saturated heterocycles. The topological polar surface area (TPSA) is 80.3 Å². The SMILES string of the molecule is O=C(NC(=S)Nc1ccc2oc(-c3ccc(Cl)cc3)nc2c1)c1ccc(-c2cccc(Cl)c2Cl)o1. The van der Waals surface area contributed by atoms with Crippen molar-refractivity contribution in [1.82, 2.24) is 10.3 Å². The van der Waals surface area contributed by atoms with Gasteiger partial charge in [-0.05, 0) is 78.9 Å². The first-order chi connectivity index (χ1) is 16.9. The summed E-state index contributed by atoms with van der Waals surface area (Å²) >= 11 is 23.5. The lowest BCUT2D eigenvalue weighted by Crippen LogP contribution is -2.33. The van der Waals surface area contributed by atoms with Gasteiger partial charge in [-0.15, -0.1) is 0 Å². The Hall–Kier alpha value is -3.36. The number of halogens is 3. The lowest BCUT2D eigenvalue weighted by Gasteiger charge is -2.08. The first-order valence-electron chi connectivity index (χ1n) is 10.2. The molecule has 0 spiro atoms. The van der Waals surface area contributed by atoms with Gasteiger partial charge in [0, 0.05) is 21.8 Å². The second kappa shape index (κ2) is 9.71. The van der Waals surface area contributed by atoms with Crippen molar-refractivity contribution in [2.24, 2.45) is 0 Å². The molecule has 0 unspecified atom stereocenters. The maximum absolute atomic E-state index is 12.6. The molecule has 174 valence electrons. The van der Waals surface area contributed by atoms with Crippen molar-refractivity contribution in [2.75, 3.05) is 5.32 Å². The molecule has 2 heterocycles. The van der Waals surface area contributed by atoms with Crippen LogP contribution in [-0.4, -0.2) is 16.0 Å². The number of nitrogens with one attached hydrogen (secondary N) is 2. The van der Waals surface area contributed by atoms with E-state index in [1.807, 2.05) is 12.1 Å². The zero-order chi connectivity index (χ0) is 24.5. The van der Waals surface area contributed by atoms with Gasteiger partial charge in [0.05, 0.1) is 10.0 Å². The van der Waals surface area contributed by atoms with Gasteiger partial charge in [0.2, 0.25) is 5.89 Å². The minimum atomic E-state index is -0.514. The molecule has 0 saturated carbocycles. The third kappa shape index (κ3) is 5.04. The highest BCUT2D eigenvalue weighted by Crippen LogP contribution is 2.34. The minimum Gasteiger partial charge on any atom is -0.451 e. The van der Waals surface area contributed by atoms with Crippen LogP contribution in [0.4, 0.5) is 5.69 Å². The van der Waals surface area contributed by atoms with Crippen molar-refractivity contribution in [2.45, 2.75) is 0 Å². The average Bonchev–Trinajstić information content (AvgIpc) is 3.48. The van der Waals surface area contributed by atoms with Crippen LogP contribution in [0.2, 0.25) is 15.1 Å². The van der Waals surface area contributed by atoms with Gasteiger partial charge in [-0.2, -0.15) is 0 Å². The van der Waals surface area contributed by atoms with Gasteiger partial charge in [0.1, 0.15) is 11.3 Å². The molecule has 0 aliphatic rings. The van der Waals surface area contributed by atoms with E-state index in [4.69, 9.17) is 55.9 Å². The number of furan rings is 1. The monoisotopic (exact) mass is 541 g/mol. The van der Waals surface area contributed by atoms with Crippen LogP contribution >= 0.6 is 47.0 Å². The maximum Gasteiger partial charge on any atom is 0.293 e. The van der Waals surface area contributed by atoms with E-state index in [1.54, 1.807) is 54.6 Å². The Morgan fingerprint density at radius 2 is 1.71 bits per heavy atom. The highest BCUT2D eigenvalue weighted by molar-refractivity contribution is 7.80.